The SMILES string of the molecule is COc1ncccc1C(N)Cc1c(F)ccc(Br)c1F. The van der Waals surface area contributed by atoms with E-state index in [1.807, 2.05) is 0 Å². The fraction of sp³-hybridized carbons (Fsp3) is 0.214. The van der Waals surface area contributed by atoms with Crippen molar-refractivity contribution in [1.82, 2.24) is 4.98 Å². The van der Waals surface area contributed by atoms with Crippen molar-refractivity contribution in [3.8, 4) is 5.88 Å². The van der Waals surface area contributed by atoms with Gasteiger partial charge in [0.2, 0.25) is 5.88 Å². The van der Waals surface area contributed by atoms with E-state index in [0.29, 0.717) is 11.4 Å². The predicted molar refractivity (Wildman–Crippen MR) is 75.5 cm³/mol. The minimum Gasteiger partial charge on any atom is -0.481 e. The molecule has 1 aromatic carbocycles. The minimum atomic E-state index is -0.636. The number of nitrogens with zero attached hydrogens (tertiary/aromatic N) is 1. The summed E-state index contributed by atoms with van der Waals surface area (Å²) in [6, 6.07) is 5.34. The molecule has 6 heteroatoms. The molecule has 2 aromatic rings. The Hall–Kier alpha value is -1.53. The van der Waals surface area contributed by atoms with E-state index in [2.05, 4.69) is 20.9 Å². The van der Waals surface area contributed by atoms with Gasteiger partial charge in [-0.2, -0.15) is 0 Å². The van der Waals surface area contributed by atoms with Gasteiger partial charge >= 0.3 is 0 Å². The van der Waals surface area contributed by atoms with Crippen molar-refractivity contribution in [1.29, 1.82) is 0 Å². The average Bonchev–Trinajstić information content (AvgIpc) is 2.47. The summed E-state index contributed by atoms with van der Waals surface area (Å²) in [4.78, 5) is 4.02. The summed E-state index contributed by atoms with van der Waals surface area (Å²) < 4.78 is 33.0. The lowest BCUT2D eigenvalue weighted by atomic mass is 10.00. The largest absolute Gasteiger partial charge is 0.481 e. The number of hydrogen-bond acceptors (Lipinski definition) is 3. The first-order valence-corrected chi connectivity index (χ1v) is 6.70. The smallest absolute Gasteiger partial charge is 0.217 e. The Morgan fingerprint density at radius 3 is 2.80 bits per heavy atom. The van der Waals surface area contributed by atoms with Gasteiger partial charge in [-0.25, -0.2) is 13.8 Å². The first-order chi connectivity index (χ1) is 9.54. The zero-order valence-corrected chi connectivity index (χ0v) is 12.3. The summed E-state index contributed by atoms with van der Waals surface area (Å²) in [5, 5.41) is 0. The van der Waals surface area contributed by atoms with E-state index in [-0.39, 0.29) is 16.5 Å². The zero-order chi connectivity index (χ0) is 14.7. The number of rotatable bonds is 4. The molecule has 1 unspecified atom stereocenters. The molecular formula is C14H13BrF2N2O. The second-order valence-electron chi connectivity index (χ2n) is 4.23. The molecule has 0 amide bonds. The maximum atomic E-state index is 13.9. The summed E-state index contributed by atoms with van der Waals surface area (Å²) in [5.74, 6) is -0.900. The molecule has 0 spiro atoms. The van der Waals surface area contributed by atoms with E-state index in [0.717, 1.165) is 0 Å². The van der Waals surface area contributed by atoms with Crippen molar-refractivity contribution in [2.24, 2.45) is 5.73 Å². The molecule has 0 bridgehead atoms. The number of benzene rings is 1. The molecule has 1 heterocycles. The van der Waals surface area contributed by atoms with Gasteiger partial charge in [0.05, 0.1) is 11.6 Å². The molecule has 1 atom stereocenters. The van der Waals surface area contributed by atoms with Gasteiger partial charge in [-0.3, -0.25) is 0 Å². The fourth-order valence-corrected chi connectivity index (χ4v) is 2.31. The molecule has 20 heavy (non-hydrogen) atoms. The highest BCUT2D eigenvalue weighted by Gasteiger charge is 2.19. The molecule has 2 rings (SSSR count). The number of methoxy groups -OCH3 is 1. The molecule has 3 nitrogen and oxygen atoms in total. The Bertz CT molecular complexity index is 622. The van der Waals surface area contributed by atoms with Crippen molar-refractivity contribution in [3.05, 3.63) is 57.7 Å². The molecule has 106 valence electrons. The highest BCUT2D eigenvalue weighted by atomic mass is 79.9. The molecule has 0 radical (unpaired) electrons. The van der Waals surface area contributed by atoms with Crippen LogP contribution in [-0.2, 0) is 6.42 Å². The molecule has 2 N–H and O–H groups in total. The van der Waals surface area contributed by atoms with Gasteiger partial charge in [0.25, 0.3) is 0 Å². The summed E-state index contributed by atoms with van der Waals surface area (Å²) in [6.07, 6.45) is 1.58. The molecule has 0 aliphatic carbocycles. The van der Waals surface area contributed by atoms with Gasteiger partial charge in [0.1, 0.15) is 11.6 Å². The third-order valence-corrected chi connectivity index (χ3v) is 3.57. The van der Waals surface area contributed by atoms with Gasteiger partial charge in [0, 0.05) is 23.4 Å². The van der Waals surface area contributed by atoms with Crippen LogP contribution in [0.15, 0.2) is 34.9 Å². The summed E-state index contributed by atoms with van der Waals surface area (Å²) in [5.41, 5.74) is 6.57. The van der Waals surface area contributed by atoms with Gasteiger partial charge in [-0.05, 0) is 40.5 Å². The van der Waals surface area contributed by atoms with Crippen LogP contribution in [0.4, 0.5) is 8.78 Å². The summed E-state index contributed by atoms with van der Waals surface area (Å²) in [6.45, 7) is 0. The Morgan fingerprint density at radius 2 is 2.10 bits per heavy atom. The fourth-order valence-electron chi connectivity index (χ4n) is 1.94. The third kappa shape index (κ3) is 2.96. The van der Waals surface area contributed by atoms with Gasteiger partial charge in [-0.15, -0.1) is 0 Å². The van der Waals surface area contributed by atoms with E-state index in [1.54, 1.807) is 18.3 Å². The Labute approximate surface area is 123 Å². The van der Waals surface area contributed by atoms with Gasteiger partial charge in [0.15, 0.2) is 0 Å². The number of pyridine rings is 1. The van der Waals surface area contributed by atoms with Crippen LogP contribution in [0.2, 0.25) is 0 Å². The van der Waals surface area contributed by atoms with Crippen LogP contribution in [-0.4, -0.2) is 12.1 Å². The van der Waals surface area contributed by atoms with Crippen LogP contribution in [0, 0.1) is 11.6 Å². The van der Waals surface area contributed by atoms with E-state index in [4.69, 9.17) is 10.5 Å². The van der Waals surface area contributed by atoms with Crippen LogP contribution in [0.1, 0.15) is 17.2 Å². The van der Waals surface area contributed by atoms with Crippen molar-refractivity contribution < 1.29 is 13.5 Å². The lowest BCUT2D eigenvalue weighted by Crippen LogP contribution is -2.16. The average molecular weight is 343 g/mol. The minimum absolute atomic E-state index is 0.0131. The highest BCUT2D eigenvalue weighted by molar-refractivity contribution is 9.10. The lowest BCUT2D eigenvalue weighted by Gasteiger charge is -2.16. The van der Waals surface area contributed by atoms with E-state index >= 15 is 0 Å². The predicted octanol–water partition coefficient (Wildman–Crippen LogP) is 3.37. The lowest BCUT2D eigenvalue weighted by molar-refractivity contribution is 0.387. The normalized spacial score (nSPS) is 12.2. The third-order valence-electron chi connectivity index (χ3n) is 2.96. The van der Waals surface area contributed by atoms with Crippen LogP contribution in [0.5, 0.6) is 5.88 Å². The molecule has 0 aliphatic rings. The Morgan fingerprint density at radius 1 is 1.35 bits per heavy atom. The zero-order valence-electron chi connectivity index (χ0n) is 10.7. The Kier molecular flexibility index (Phi) is 4.67. The molecule has 1 aromatic heterocycles. The highest BCUT2D eigenvalue weighted by Crippen LogP contribution is 2.28. The van der Waals surface area contributed by atoms with E-state index in [9.17, 15) is 8.78 Å². The number of hydrogen-bond donors (Lipinski definition) is 1. The number of aromatic nitrogens is 1. The van der Waals surface area contributed by atoms with Crippen LogP contribution >= 0.6 is 15.9 Å². The number of ether oxygens (including phenoxy) is 1. The first-order valence-electron chi connectivity index (χ1n) is 5.91. The van der Waals surface area contributed by atoms with E-state index in [1.165, 1.54) is 19.2 Å². The number of halogens is 3. The first kappa shape index (κ1) is 14.9. The summed E-state index contributed by atoms with van der Waals surface area (Å²) >= 11 is 3.04. The van der Waals surface area contributed by atoms with Crippen LogP contribution < -0.4 is 10.5 Å². The van der Waals surface area contributed by atoms with Crippen LogP contribution in [0.25, 0.3) is 0 Å². The maximum absolute atomic E-state index is 13.9. The molecule has 0 aliphatic heterocycles. The van der Waals surface area contributed by atoms with Crippen molar-refractivity contribution >= 4 is 15.9 Å². The molecule has 0 saturated carbocycles. The molecular weight excluding hydrogens is 330 g/mol. The summed E-state index contributed by atoms with van der Waals surface area (Å²) in [7, 11) is 1.47. The van der Waals surface area contributed by atoms with Gasteiger partial charge < -0.3 is 10.5 Å². The van der Waals surface area contributed by atoms with Gasteiger partial charge in [-0.1, -0.05) is 6.07 Å². The second kappa shape index (κ2) is 6.28. The monoisotopic (exact) mass is 342 g/mol. The molecule has 0 saturated heterocycles. The second-order valence-corrected chi connectivity index (χ2v) is 5.09. The quantitative estimate of drug-likeness (QED) is 0.866. The van der Waals surface area contributed by atoms with Crippen LogP contribution in [0.3, 0.4) is 0 Å². The van der Waals surface area contributed by atoms with Crippen molar-refractivity contribution in [2.75, 3.05) is 7.11 Å². The Balaban J connectivity index is 2.33. The standard InChI is InChI=1S/C14H13BrF2N2O/c1-20-14-8(3-2-6-19-14)12(18)7-9-11(16)5-4-10(15)13(9)17/h2-6,12H,7,18H2,1H3. The number of nitrogens with two attached hydrogens (primary N) is 1. The van der Waals surface area contributed by atoms with Crippen molar-refractivity contribution in [3.63, 3.8) is 0 Å². The molecule has 0 fully saturated rings. The van der Waals surface area contributed by atoms with Crippen molar-refractivity contribution in [2.45, 2.75) is 12.5 Å². The van der Waals surface area contributed by atoms with E-state index < -0.39 is 17.7 Å². The topological polar surface area (TPSA) is 48.1 Å². The maximum Gasteiger partial charge on any atom is 0.217 e.